The number of benzene rings is 3. The monoisotopic (exact) mass is 409 g/mol. The van der Waals surface area contributed by atoms with Crippen LogP contribution >= 0.6 is 15.9 Å². The Kier molecular flexibility index (Phi) is 4.58. The first-order valence-corrected chi connectivity index (χ1v) is 9.32. The summed E-state index contributed by atoms with van der Waals surface area (Å²) in [5.74, 6) is 0.683. The van der Waals surface area contributed by atoms with Crippen molar-refractivity contribution in [3.8, 4) is 28.3 Å². The molecule has 0 fully saturated rings. The zero-order valence-corrected chi connectivity index (χ0v) is 15.4. The van der Waals surface area contributed by atoms with Gasteiger partial charge in [-0.2, -0.15) is 0 Å². The Morgan fingerprint density at radius 1 is 0.923 bits per heavy atom. The summed E-state index contributed by atoms with van der Waals surface area (Å²) in [5.41, 5.74) is 3.92. The molecule has 3 aromatic carbocycles. The van der Waals surface area contributed by atoms with Crippen LogP contribution in [0.3, 0.4) is 0 Å². The number of alkyl halides is 1. The van der Waals surface area contributed by atoms with Crippen LogP contribution in [0.2, 0.25) is 0 Å². The Labute approximate surface area is 159 Å². The smallest absolute Gasteiger partial charge is 0.146 e. The predicted molar refractivity (Wildman–Crippen MR) is 105 cm³/mol. The molecule has 0 unspecified atom stereocenters. The van der Waals surface area contributed by atoms with Crippen molar-refractivity contribution >= 4 is 27.0 Å². The van der Waals surface area contributed by atoms with Crippen LogP contribution in [0, 0.1) is 0 Å². The molecule has 0 aliphatic rings. The number of halogens is 1. The van der Waals surface area contributed by atoms with Gasteiger partial charge < -0.3 is 9.84 Å². The van der Waals surface area contributed by atoms with Crippen molar-refractivity contribution in [3.05, 3.63) is 66.7 Å². The van der Waals surface area contributed by atoms with E-state index in [2.05, 4.69) is 26.1 Å². The number of rotatable bonds is 5. The van der Waals surface area contributed by atoms with Gasteiger partial charge in [-0.25, -0.2) is 0 Å². The highest BCUT2D eigenvalue weighted by Gasteiger charge is 2.15. The molecule has 0 saturated carbocycles. The summed E-state index contributed by atoms with van der Waals surface area (Å²) in [6.07, 6.45) is 0. The van der Waals surface area contributed by atoms with Crippen LogP contribution in [-0.2, 0) is 0 Å². The van der Waals surface area contributed by atoms with Crippen molar-refractivity contribution in [2.24, 2.45) is 0 Å². The first-order chi connectivity index (χ1) is 12.8. The summed E-state index contributed by atoms with van der Waals surface area (Å²) in [6, 6.07) is 21.0. The summed E-state index contributed by atoms with van der Waals surface area (Å²) < 4.78 is 5.81. The SMILES string of the molecule is Oc1cc(OCCBr)c(-c2ccccc2)cc1-n1nc2ccccc2n1. The number of hydrogen-bond donors (Lipinski definition) is 1. The topological polar surface area (TPSA) is 60.2 Å². The van der Waals surface area contributed by atoms with E-state index < -0.39 is 0 Å². The standard InChI is InChI=1S/C20H16BrN3O2/c21-10-11-26-20-13-19(25)18(12-15(20)14-6-2-1-3-7-14)24-22-16-8-4-5-9-17(16)23-24/h1-9,12-13,25H,10-11H2. The lowest BCUT2D eigenvalue weighted by atomic mass is 10.0. The van der Waals surface area contributed by atoms with Gasteiger partial charge in [0.15, 0.2) is 0 Å². The summed E-state index contributed by atoms with van der Waals surface area (Å²) >= 11 is 3.37. The maximum Gasteiger partial charge on any atom is 0.146 e. The van der Waals surface area contributed by atoms with E-state index in [-0.39, 0.29) is 5.75 Å². The Bertz CT molecular complexity index is 1010. The molecule has 5 nitrogen and oxygen atoms in total. The normalized spacial score (nSPS) is 11.0. The Balaban J connectivity index is 1.87. The summed E-state index contributed by atoms with van der Waals surface area (Å²) in [4.78, 5) is 1.46. The first-order valence-electron chi connectivity index (χ1n) is 8.20. The van der Waals surface area contributed by atoms with Crippen LogP contribution in [0.4, 0.5) is 0 Å². The zero-order valence-electron chi connectivity index (χ0n) is 13.8. The van der Waals surface area contributed by atoms with E-state index in [1.54, 1.807) is 6.07 Å². The fraction of sp³-hybridized carbons (Fsp3) is 0.100. The van der Waals surface area contributed by atoms with Gasteiger partial charge in [0.25, 0.3) is 0 Å². The molecule has 0 aliphatic carbocycles. The van der Waals surface area contributed by atoms with E-state index in [0.29, 0.717) is 23.4 Å². The first kappa shape index (κ1) is 16.6. The Morgan fingerprint density at radius 2 is 1.58 bits per heavy atom. The van der Waals surface area contributed by atoms with Gasteiger partial charge in [-0.1, -0.05) is 58.4 Å². The van der Waals surface area contributed by atoms with E-state index in [9.17, 15) is 5.11 Å². The van der Waals surface area contributed by atoms with E-state index in [0.717, 1.165) is 22.2 Å². The van der Waals surface area contributed by atoms with Gasteiger partial charge in [0.05, 0.1) is 6.61 Å². The third kappa shape index (κ3) is 3.15. The molecule has 1 heterocycles. The molecule has 4 rings (SSSR count). The van der Waals surface area contributed by atoms with Crippen LogP contribution in [0.15, 0.2) is 66.7 Å². The van der Waals surface area contributed by atoms with Crippen molar-refractivity contribution in [3.63, 3.8) is 0 Å². The molecule has 26 heavy (non-hydrogen) atoms. The van der Waals surface area contributed by atoms with Gasteiger partial charge in [-0.15, -0.1) is 15.0 Å². The lowest BCUT2D eigenvalue weighted by Gasteiger charge is -2.14. The Hall–Kier alpha value is -2.86. The molecule has 1 aromatic heterocycles. The van der Waals surface area contributed by atoms with Crippen molar-refractivity contribution in [2.45, 2.75) is 0 Å². The molecule has 0 atom stereocenters. The quantitative estimate of drug-likeness (QED) is 0.490. The third-order valence-electron chi connectivity index (χ3n) is 4.00. The number of aromatic hydroxyl groups is 1. The Morgan fingerprint density at radius 3 is 2.23 bits per heavy atom. The summed E-state index contributed by atoms with van der Waals surface area (Å²) in [7, 11) is 0. The maximum atomic E-state index is 10.5. The number of nitrogens with zero attached hydrogens (tertiary/aromatic N) is 3. The molecule has 0 amide bonds. The second kappa shape index (κ2) is 7.17. The number of ether oxygens (including phenoxy) is 1. The molecular weight excluding hydrogens is 394 g/mol. The highest BCUT2D eigenvalue weighted by molar-refractivity contribution is 9.09. The van der Waals surface area contributed by atoms with Gasteiger partial charge in [0.2, 0.25) is 0 Å². The van der Waals surface area contributed by atoms with Gasteiger partial charge in [-0.3, -0.25) is 0 Å². The van der Waals surface area contributed by atoms with Crippen molar-refractivity contribution in [1.82, 2.24) is 15.0 Å². The van der Waals surface area contributed by atoms with Gasteiger partial charge in [-0.05, 0) is 23.8 Å². The van der Waals surface area contributed by atoms with E-state index in [4.69, 9.17) is 4.74 Å². The molecule has 1 N–H and O–H groups in total. The van der Waals surface area contributed by atoms with Crippen molar-refractivity contribution in [1.29, 1.82) is 0 Å². The highest BCUT2D eigenvalue weighted by atomic mass is 79.9. The minimum atomic E-state index is 0.0644. The predicted octanol–water partition coefficient (Wildman–Crippen LogP) is 4.57. The lowest BCUT2D eigenvalue weighted by molar-refractivity contribution is 0.343. The molecule has 0 bridgehead atoms. The largest absolute Gasteiger partial charge is 0.505 e. The van der Waals surface area contributed by atoms with Gasteiger partial charge in [0.1, 0.15) is 28.2 Å². The second-order valence-corrected chi connectivity index (χ2v) is 6.51. The average Bonchev–Trinajstić information content (AvgIpc) is 3.11. The molecule has 6 heteroatoms. The molecule has 0 aliphatic heterocycles. The third-order valence-corrected chi connectivity index (χ3v) is 4.32. The minimum absolute atomic E-state index is 0.0644. The van der Waals surface area contributed by atoms with Gasteiger partial charge in [0, 0.05) is 17.0 Å². The summed E-state index contributed by atoms with van der Waals surface area (Å²) in [5, 5.41) is 20.2. The van der Waals surface area contributed by atoms with E-state index in [1.165, 1.54) is 4.80 Å². The number of phenols is 1. The minimum Gasteiger partial charge on any atom is -0.505 e. The van der Waals surface area contributed by atoms with Crippen LogP contribution in [0.5, 0.6) is 11.5 Å². The van der Waals surface area contributed by atoms with Crippen LogP contribution < -0.4 is 4.74 Å². The lowest BCUT2D eigenvalue weighted by Crippen LogP contribution is -2.03. The maximum absolute atomic E-state index is 10.5. The molecule has 4 aromatic rings. The molecule has 0 radical (unpaired) electrons. The second-order valence-electron chi connectivity index (χ2n) is 5.72. The number of aromatic nitrogens is 3. The molecule has 0 saturated heterocycles. The van der Waals surface area contributed by atoms with Crippen molar-refractivity contribution < 1.29 is 9.84 Å². The van der Waals surface area contributed by atoms with Crippen LogP contribution in [0.1, 0.15) is 0 Å². The zero-order chi connectivity index (χ0) is 17.9. The van der Waals surface area contributed by atoms with Gasteiger partial charge >= 0.3 is 0 Å². The summed E-state index contributed by atoms with van der Waals surface area (Å²) in [6.45, 7) is 0.503. The average molecular weight is 410 g/mol. The van der Waals surface area contributed by atoms with Crippen LogP contribution in [0.25, 0.3) is 27.8 Å². The fourth-order valence-electron chi connectivity index (χ4n) is 2.80. The number of phenolic OH excluding ortho intramolecular Hbond substituents is 1. The molecule has 0 spiro atoms. The number of fused-ring (bicyclic) bond motifs is 1. The van der Waals surface area contributed by atoms with E-state index >= 15 is 0 Å². The van der Waals surface area contributed by atoms with Crippen molar-refractivity contribution in [2.75, 3.05) is 11.9 Å². The molecule has 130 valence electrons. The number of hydrogen-bond acceptors (Lipinski definition) is 4. The van der Waals surface area contributed by atoms with E-state index in [1.807, 2.05) is 60.7 Å². The van der Waals surface area contributed by atoms with Crippen LogP contribution in [-0.4, -0.2) is 32.0 Å². The highest BCUT2D eigenvalue weighted by Crippen LogP contribution is 2.37. The molecular formula is C20H16BrN3O2. The fourth-order valence-corrected chi connectivity index (χ4v) is 2.96.